The van der Waals surface area contributed by atoms with Crippen LogP contribution >= 0.6 is 15.9 Å². The molecule has 0 N–H and O–H groups in total. The Hall–Kier alpha value is -2.10. The van der Waals surface area contributed by atoms with Crippen LogP contribution in [-0.2, 0) is 13.2 Å². The summed E-state index contributed by atoms with van der Waals surface area (Å²) < 4.78 is 40.9. The molecule has 1 aliphatic rings. The van der Waals surface area contributed by atoms with Gasteiger partial charge in [0.05, 0.1) is 6.04 Å². The summed E-state index contributed by atoms with van der Waals surface area (Å²) in [6.07, 6.45) is -3.95. The second kappa shape index (κ2) is 6.90. The van der Waals surface area contributed by atoms with Crippen molar-refractivity contribution >= 4 is 21.8 Å². The molecule has 1 aromatic carbocycles. The first-order valence-corrected chi connectivity index (χ1v) is 8.75. The van der Waals surface area contributed by atoms with Crippen molar-refractivity contribution < 1.29 is 18.0 Å². The van der Waals surface area contributed by atoms with E-state index < -0.39 is 23.7 Å². The van der Waals surface area contributed by atoms with Crippen molar-refractivity contribution in [3.8, 4) is 0 Å². The first-order valence-electron chi connectivity index (χ1n) is 7.96. The van der Waals surface area contributed by atoms with E-state index >= 15 is 0 Å². The fourth-order valence-corrected chi connectivity index (χ4v) is 3.46. The maximum absolute atomic E-state index is 12.9. The summed E-state index contributed by atoms with van der Waals surface area (Å²) in [7, 11) is 1.06. The molecular weight excluding hydrogens is 417 g/mol. The van der Waals surface area contributed by atoms with Crippen molar-refractivity contribution in [3.05, 3.63) is 50.6 Å². The predicted molar refractivity (Wildman–Crippen MR) is 90.8 cm³/mol. The Kier molecular flexibility index (Phi) is 4.96. The monoisotopic (exact) mass is 432 g/mol. The van der Waals surface area contributed by atoms with Crippen molar-refractivity contribution in [2.75, 3.05) is 13.1 Å². The van der Waals surface area contributed by atoms with Crippen molar-refractivity contribution in [2.24, 2.45) is 7.05 Å². The lowest BCUT2D eigenvalue weighted by atomic mass is 10.0. The quantitative estimate of drug-likeness (QED) is 0.732. The highest BCUT2D eigenvalue weighted by molar-refractivity contribution is 9.10. The molecule has 1 aliphatic heterocycles. The van der Waals surface area contributed by atoms with Crippen LogP contribution in [0.3, 0.4) is 0 Å². The minimum Gasteiger partial charge on any atom is -0.338 e. The number of piperidine rings is 1. The van der Waals surface area contributed by atoms with Gasteiger partial charge in [0.15, 0.2) is 0 Å². The lowest BCUT2D eigenvalue weighted by Crippen LogP contribution is -2.41. The maximum Gasteiger partial charge on any atom is 0.451 e. The SMILES string of the molecule is Cn1c(C(F)(F)F)nn(C2CCN(C(=O)c3cccc(Br)c3)CC2)c1=O. The number of halogens is 4. The number of likely N-dealkylation sites (tertiary alicyclic amines) is 1. The lowest BCUT2D eigenvalue weighted by molar-refractivity contribution is -0.147. The maximum atomic E-state index is 12.9. The Labute approximate surface area is 155 Å². The topological polar surface area (TPSA) is 60.1 Å². The van der Waals surface area contributed by atoms with Crippen LogP contribution in [-0.4, -0.2) is 38.2 Å². The van der Waals surface area contributed by atoms with Crippen molar-refractivity contribution in [1.29, 1.82) is 0 Å². The average Bonchev–Trinajstić information content (AvgIpc) is 2.90. The number of nitrogens with zero attached hydrogens (tertiary/aromatic N) is 4. The number of aromatic nitrogens is 3. The van der Waals surface area contributed by atoms with Crippen LogP contribution in [0.25, 0.3) is 0 Å². The first-order chi connectivity index (χ1) is 12.2. The Balaban J connectivity index is 1.73. The Morgan fingerprint density at radius 3 is 2.46 bits per heavy atom. The molecule has 0 bridgehead atoms. The van der Waals surface area contributed by atoms with Crippen LogP contribution in [0.5, 0.6) is 0 Å². The standard InChI is InChI=1S/C16H16BrF3N4O2/c1-22-14(16(18,19)20)21-24(15(22)26)12-5-7-23(8-6-12)13(25)10-3-2-4-11(17)9-10/h2-4,9,12H,5-8H2,1H3. The van der Waals surface area contributed by atoms with Crippen LogP contribution in [0.15, 0.2) is 33.5 Å². The summed E-state index contributed by atoms with van der Waals surface area (Å²) in [5.41, 5.74) is -0.263. The van der Waals surface area contributed by atoms with E-state index in [0.717, 1.165) is 16.2 Å². The van der Waals surface area contributed by atoms with E-state index in [1.54, 1.807) is 23.1 Å². The minimum absolute atomic E-state index is 0.144. The summed E-state index contributed by atoms with van der Waals surface area (Å²) in [6.45, 7) is 0.695. The van der Waals surface area contributed by atoms with Gasteiger partial charge in [-0.15, -0.1) is 5.10 Å². The third-order valence-electron chi connectivity index (χ3n) is 4.43. The number of benzene rings is 1. The second-order valence-corrected chi connectivity index (χ2v) is 7.06. The van der Waals surface area contributed by atoms with Gasteiger partial charge in [-0.1, -0.05) is 22.0 Å². The Morgan fingerprint density at radius 2 is 1.92 bits per heavy atom. The summed E-state index contributed by atoms with van der Waals surface area (Å²) in [4.78, 5) is 26.2. The van der Waals surface area contributed by atoms with Gasteiger partial charge in [0, 0.05) is 30.2 Å². The van der Waals surface area contributed by atoms with Crippen LogP contribution in [0.2, 0.25) is 0 Å². The number of hydrogen-bond acceptors (Lipinski definition) is 3. The number of amides is 1. The van der Waals surface area contributed by atoms with Crippen molar-refractivity contribution in [3.63, 3.8) is 0 Å². The molecule has 10 heteroatoms. The zero-order valence-electron chi connectivity index (χ0n) is 13.8. The normalized spacial score (nSPS) is 16.1. The molecule has 2 aromatic rings. The summed E-state index contributed by atoms with van der Waals surface area (Å²) in [6, 6.07) is 6.53. The second-order valence-electron chi connectivity index (χ2n) is 6.14. The molecule has 2 heterocycles. The van der Waals surface area contributed by atoms with Gasteiger partial charge in [-0.05, 0) is 31.0 Å². The smallest absolute Gasteiger partial charge is 0.338 e. The molecular formula is C16H16BrF3N4O2. The van der Waals surface area contributed by atoms with Gasteiger partial charge in [-0.3, -0.25) is 9.36 Å². The van der Waals surface area contributed by atoms with Gasteiger partial charge >= 0.3 is 11.9 Å². The van der Waals surface area contributed by atoms with Gasteiger partial charge in [-0.2, -0.15) is 13.2 Å². The van der Waals surface area contributed by atoms with Crippen LogP contribution < -0.4 is 5.69 Å². The van der Waals surface area contributed by atoms with Gasteiger partial charge in [0.1, 0.15) is 0 Å². The molecule has 0 aliphatic carbocycles. The molecule has 1 amide bonds. The van der Waals surface area contributed by atoms with Crippen LogP contribution in [0.4, 0.5) is 13.2 Å². The van der Waals surface area contributed by atoms with Crippen LogP contribution in [0, 0.1) is 0 Å². The Morgan fingerprint density at radius 1 is 1.27 bits per heavy atom. The molecule has 0 unspecified atom stereocenters. The number of carbonyl (C=O) groups is 1. The highest BCUT2D eigenvalue weighted by Crippen LogP contribution is 2.28. The zero-order valence-corrected chi connectivity index (χ0v) is 15.4. The van der Waals surface area contributed by atoms with Crippen molar-refractivity contribution in [1.82, 2.24) is 19.2 Å². The zero-order chi connectivity index (χ0) is 19.1. The van der Waals surface area contributed by atoms with E-state index in [-0.39, 0.29) is 5.91 Å². The van der Waals surface area contributed by atoms with E-state index in [1.165, 1.54) is 0 Å². The minimum atomic E-state index is -4.68. The van der Waals surface area contributed by atoms with E-state index in [0.29, 0.717) is 36.1 Å². The van der Waals surface area contributed by atoms with Gasteiger partial charge < -0.3 is 4.90 Å². The molecule has 6 nitrogen and oxygen atoms in total. The molecule has 1 aromatic heterocycles. The summed E-state index contributed by atoms with van der Waals surface area (Å²) in [5.74, 6) is -1.36. The van der Waals surface area contributed by atoms with E-state index in [2.05, 4.69) is 21.0 Å². The van der Waals surface area contributed by atoms with Gasteiger partial charge in [-0.25, -0.2) is 9.48 Å². The predicted octanol–water partition coefficient (Wildman–Crippen LogP) is 2.84. The van der Waals surface area contributed by atoms with E-state index in [9.17, 15) is 22.8 Å². The molecule has 0 spiro atoms. The van der Waals surface area contributed by atoms with Crippen LogP contribution in [0.1, 0.15) is 35.1 Å². The average molecular weight is 433 g/mol. The molecule has 26 heavy (non-hydrogen) atoms. The number of hydrogen-bond donors (Lipinski definition) is 0. The van der Waals surface area contributed by atoms with Gasteiger partial charge in [0.2, 0.25) is 5.82 Å². The highest BCUT2D eigenvalue weighted by Gasteiger charge is 2.39. The number of alkyl halides is 3. The first kappa shape index (κ1) is 18.7. The summed E-state index contributed by atoms with van der Waals surface area (Å²) >= 11 is 3.32. The molecule has 0 atom stereocenters. The highest BCUT2D eigenvalue weighted by atomic mass is 79.9. The third-order valence-corrected chi connectivity index (χ3v) is 4.92. The fraction of sp³-hybridized carbons (Fsp3) is 0.438. The largest absolute Gasteiger partial charge is 0.451 e. The summed E-state index contributed by atoms with van der Waals surface area (Å²) in [5, 5.41) is 3.48. The molecule has 3 rings (SSSR count). The number of rotatable bonds is 2. The Bertz CT molecular complexity index is 882. The van der Waals surface area contributed by atoms with Gasteiger partial charge in [0.25, 0.3) is 5.91 Å². The van der Waals surface area contributed by atoms with Crippen molar-refractivity contribution in [2.45, 2.75) is 25.1 Å². The molecule has 0 saturated carbocycles. The number of carbonyl (C=O) groups excluding carboxylic acids is 1. The third kappa shape index (κ3) is 3.55. The molecule has 1 saturated heterocycles. The fourth-order valence-electron chi connectivity index (χ4n) is 3.06. The molecule has 1 fully saturated rings. The molecule has 0 radical (unpaired) electrons. The lowest BCUT2D eigenvalue weighted by Gasteiger charge is -2.31. The molecule has 140 valence electrons. The van der Waals surface area contributed by atoms with E-state index in [4.69, 9.17) is 0 Å². The van der Waals surface area contributed by atoms with E-state index in [1.807, 2.05) is 6.07 Å².